The molecule has 0 bridgehead atoms. The van der Waals surface area contributed by atoms with Crippen molar-refractivity contribution in [2.75, 3.05) is 19.0 Å². The summed E-state index contributed by atoms with van der Waals surface area (Å²) in [6.45, 7) is 0. The van der Waals surface area contributed by atoms with Gasteiger partial charge in [-0.3, -0.25) is 14.9 Å². The Morgan fingerprint density at radius 3 is 2.14 bits per heavy atom. The van der Waals surface area contributed by atoms with E-state index in [1.807, 2.05) is 43.3 Å². The summed E-state index contributed by atoms with van der Waals surface area (Å²) in [6, 6.07) is 13.4. The Labute approximate surface area is 128 Å². The van der Waals surface area contributed by atoms with Gasteiger partial charge < -0.3 is 4.90 Å². The molecular weight excluding hydrogens is 280 g/mol. The highest BCUT2D eigenvalue weighted by atomic mass is 16.6. The second-order valence-electron chi connectivity index (χ2n) is 4.99. The van der Waals surface area contributed by atoms with Gasteiger partial charge in [-0.25, -0.2) is 0 Å². The molecule has 0 aliphatic carbocycles. The van der Waals surface area contributed by atoms with Gasteiger partial charge in [0.1, 0.15) is 0 Å². The van der Waals surface area contributed by atoms with Crippen molar-refractivity contribution in [3.05, 3.63) is 75.8 Å². The molecule has 0 spiro atoms. The van der Waals surface area contributed by atoms with E-state index < -0.39 is 4.92 Å². The van der Waals surface area contributed by atoms with Gasteiger partial charge in [0.15, 0.2) is 5.78 Å². The van der Waals surface area contributed by atoms with Crippen LogP contribution in [0.4, 0.5) is 11.4 Å². The van der Waals surface area contributed by atoms with Crippen molar-refractivity contribution >= 4 is 23.2 Å². The van der Waals surface area contributed by atoms with Crippen LogP contribution < -0.4 is 4.90 Å². The number of allylic oxidation sites excluding steroid dienone is 1. The fourth-order valence-electron chi connectivity index (χ4n) is 1.90. The zero-order valence-corrected chi connectivity index (χ0v) is 12.4. The molecule has 0 amide bonds. The minimum Gasteiger partial charge on any atom is -0.378 e. The summed E-state index contributed by atoms with van der Waals surface area (Å²) in [5.41, 5.74) is 2.39. The summed E-state index contributed by atoms with van der Waals surface area (Å²) in [5, 5.41) is 10.6. The summed E-state index contributed by atoms with van der Waals surface area (Å²) in [7, 11) is 3.92. The lowest BCUT2D eigenvalue weighted by molar-refractivity contribution is -0.384. The molecule has 5 nitrogen and oxygen atoms in total. The molecule has 112 valence electrons. The molecule has 0 N–H and O–H groups in total. The highest BCUT2D eigenvalue weighted by Gasteiger charge is 2.07. The summed E-state index contributed by atoms with van der Waals surface area (Å²) in [6.07, 6.45) is 3.19. The van der Waals surface area contributed by atoms with E-state index in [0.717, 1.165) is 11.3 Å². The summed E-state index contributed by atoms with van der Waals surface area (Å²) in [5.74, 6) is -0.188. The van der Waals surface area contributed by atoms with Crippen LogP contribution in [0.25, 0.3) is 6.08 Å². The van der Waals surface area contributed by atoms with Crippen LogP contribution in [-0.2, 0) is 0 Å². The number of ketones is 1. The Morgan fingerprint density at radius 1 is 1.05 bits per heavy atom. The molecule has 22 heavy (non-hydrogen) atoms. The number of non-ortho nitro benzene ring substituents is 1. The van der Waals surface area contributed by atoms with E-state index >= 15 is 0 Å². The number of rotatable bonds is 5. The van der Waals surface area contributed by atoms with Crippen LogP contribution in [0.3, 0.4) is 0 Å². The van der Waals surface area contributed by atoms with E-state index in [2.05, 4.69) is 0 Å². The van der Waals surface area contributed by atoms with E-state index in [0.29, 0.717) is 5.56 Å². The van der Waals surface area contributed by atoms with Gasteiger partial charge in [0.2, 0.25) is 0 Å². The average molecular weight is 296 g/mol. The van der Waals surface area contributed by atoms with Crippen molar-refractivity contribution in [1.29, 1.82) is 0 Å². The van der Waals surface area contributed by atoms with Gasteiger partial charge in [-0.1, -0.05) is 18.2 Å². The van der Waals surface area contributed by atoms with Crippen molar-refractivity contribution < 1.29 is 9.72 Å². The molecule has 0 fully saturated rings. The molecule has 2 rings (SSSR count). The number of nitro benzene ring substituents is 1. The highest BCUT2D eigenvalue weighted by molar-refractivity contribution is 6.06. The standard InChI is InChI=1S/C17H16N2O3/c1-18(2)15-8-3-13(4-9-15)5-12-17(20)14-6-10-16(11-7-14)19(21)22/h3-12H,1-2H3/b12-5-. The molecule has 0 aliphatic rings. The maximum absolute atomic E-state index is 12.0. The number of nitrogens with zero attached hydrogens (tertiary/aromatic N) is 2. The van der Waals surface area contributed by atoms with Crippen LogP contribution in [0.2, 0.25) is 0 Å². The highest BCUT2D eigenvalue weighted by Crippen LogP contribution is 2.15. The monoisotopic (exact) mass is 296 g/mol. The third-order valence-corrected chi connectivity index (χ3v) is 3.20. The van der Waals surface area contributed by atoms with Gasteiger partial charge in [0, 0.05) is 37.5 Å². The lowest BCUT2D eigenvalue weighted by Gasteiger charge is -2.11. The number of anilines is 1. The lowest BCUT2D eigenvalue weighted by atomic mass is 10.1. The van der Waals surface area contributed by atoms with Gasteiger partial charge >= 0.3 is 0 Å². The van der Waals surface area contributed by atoms with Crippen molar-refractivity contribution in [2.24, 2.45) is 0 Å². The topological polar surface area (TPSA) is 63.5 Å². The van der Waals surface area contributed by atoms with Crippen LogP contribution in [0.1, 0.15) is 15.9 Å². The molecule has 0 saturated carbocycles. The Hall–Kier alpha value is -2.95. The molecule has 0 heterocycles. The van der Waals surface area contributed by atoms with E-state index in [-0.39, 0.29) is 11.5 Å². The molecule has 2 aromatic carbocycles. The Bertz CT molecular complexity index is 702. The Morgan fingerprint density at radius 2 is 1.64 bits per heavy atom. The quantitative estimate of drug-likeness (QED) is 0.366. The van der Waals surface area contributed by atoms with Gasteiger partial charge in [0.25, 0.3) is 5.69 Å². The van der Waals surface area contributed by atoms with Crippen LogP contribution in [-0.4, -0.2) is 24.8 Å². The minimum atomic E-state index is -0.490. The molecule has 0 atom stereocenters. The zero-order valence-electron chi connectivity index (χ0n) is 12.4. The summed E-state index contributed by atoms with van der Waals surface area (Å²) in [4.78, 5) is 24.1. The third kappa shape index (κ3) is 3.79. The maximum Gasteiger partial charge on any atom is 0.269 e. The zero-order chi connectivity index (χ0) is 16.1. The SMILES string of the molecule is CN(C)c1ccc(/C=C\C(=O)c2ccc([N+](=O)[O-])cc2)cc1. The molecule has 0 unspecified atom stereocenters. The van der Waals surface area contributed by atoms with Crippen LogP contribution in [0, 0.1) is 10.1 Å². The van der Waals surface area contributed by atoms with Crippen molar-refractivity contribution in [2.45, 2.75) is 0 Å². The van der Waals surface area contributed by atoms with Gasteiger partial charge in [-0.2, -0.15) is 0 Å². The number of benzene rings is 2. The van der Waals surface area contributed by atoms with Gasteiger partial charge in [0.05, 0.1) is 4.92 Å². The molecule has 5 heteroatoms. The Balaban J connectivity index is 2.08. The van der Waals surface area contributed by atoms with Crippen LogP contribution >= 0.6 is 0 Å². The first-order chi connectivity index (χ1) is 10.5. The number of nitro groups is 1. The fourth-order valence-corrected chi connectivity index (χ4v) is 1.90. The second kappa shape index (κ2) is 6.67. The first-order valence-electron chi connectivity index (χ1n) is 6.71. The molecule has 2 aromatic rings. The molecular formula is C17H16N2O3. The largest absolute Gasteiger partial charge is 0.378 e. The molecule has 0 radical (unpaired) electrons. The smallest absolute Gasteiger partial charge is 0.269 e. The van der Waals surface area contributed by atoms with E-state index in [9.17, 15) is 14.9 Å². The maximum atomic E-state index is 12.0. The predicted molar refractivity (Wildman–Crippen MR) is 87.2 cm³/mol. The number of carbonyl (C=O) groups excluding carboxylic acids is 1. The number of hydrogen-bond donors (Lipinski definition) is 0. The van der Waals surface area contributed by atoms with Crippen molar-refractivity contribution in [3.63, 3.8) is 0 Å². The first-order valence-corrected chi connectivity index (χ1v) is 6.71. The normalized spacial score (nSPS) is 10.6. The van der Waals surface area contributed by atoms with E-state index in [1.54, 1.807) is 6.08 Å². The summed E-state index contributed by atoms with van der Waals surface area (Å²) < 4.78 is 0. The van der Waals surface area contributed by atoms with Crippen molar-refractivity contribution in [1.82, 2.24) is 0 Å². The minimum absolute atomic E-state index is 0.0280. The summed E-state index contributed by atoms with van der Waals surface area (Å²) >= 11 is 0. The Kier molecular flexibility index (Phi) is 4.68. The first kappa shape index (κ1) is 15.4. The van der Waals surface area contributed by atoms with E-state index in [1.165, 1.54) is 30.3 Å². The van der Waals surface area contributed by atoms with Crippen LogP contribution in [0.15, 0.2) is 54.6 Å². The van der Waals surface area contributed by atoms with E-state index in [4.69, 9.17) is 0 Å². The second-order valence-corrected chi connectivity index (χ2v) is 4.99. The van der Waals surface area contributed by atoms with Crippen molar-refractivity contribution in [3.8, 4) is 0 Å². The molecule has 0 saturated heterocycles. The predicted octanol–water partition coefficient (Wildman–Crippen LogP) is 3.56. The van der Waals surface area contributed by atoms with Gasteiger partial charge in [-0.05, 0) is 35.9 Å². The average Bonchev–Trinajstić information content (AvgIpc) is 2.53. The van der Waals surface area contributed by atoms with Crippen LogP contribution in [0.5, 0.6) is 0 Å². The third-order valence-electron chi connectivity index (χ3n) is 3.20. The lowest BCUT2D eigenvalue weighted by Crippen LogP contribution is -2.07. The van der Waals surface area contributed by atoms with Gasteiger partial charge in [-0.15, -0.1) is 0 Å². The fraction of sp³-hybridized carbons (Fsp3) is 0.118. The molecule has 0 aliphatic heterocycles. The number of carbonyl (C=O) groups is 1. The number of hydrogen-bond acceptors (Lipinski definition) is 4. The molecule has 0 aromatic heterocycles.